The van der Waals surface area contributed by atoms with Gasteiger partial charge in [0.15, 0.2) is 0 Å². The third-order valence-electron chi connectivity index (χ3n) is 3.71. The van der Waals surface area contributed by atoms with Crippen molar-refractivity contribution in [1.29, 1.82) is 0 Å². The van der Waals surface area contributed by atoms with Crippen molar-refractivity contribution in [2.24, 2.45) is 11.8 Å². The zero-order valence-electron chi connectivity index (χ0n) is 10.2. The van der Waals surface area contributed by atoms with Crippen LogP contribution >= 0.6 is 0 Å². The molecule has 84 valence electrons. The zero-order chi connectivity index (χ0) is 10.6. The fraction of sp³-hybridized carbons (Fsp3) is 1.00. The van der Waals surface area contributed by atoms with E-state index in [-0.39, 0.29) is 0 Å². The van der Waals surface area contributed by atoms with Crippen molar-refractivity contribution in [3.63, 3.8) is 0 Å². The lowest BCUT2D eigenvalue weighted by molar-refractivity contribution is 0.0735. The molecule has 3 unspecified atom stereocenters. The third kappa shape index (κ3) is 2.96. The van der Waals surface area contributed by atoms with Gasteiger partial charge in [0.2, 0.25) is 0 Å². The maximum absolute atomic E-state index is 3.30. The molecule has 0 aliphatic heterocycles. The highest BCUT2D eigenvalue weighted by Crippen LogP contribution is 2.31. The molecule has 2 nitrogen and oxygen atoms in total. The smallest absolute Gasteiger partial charge is 0.0133 e. The summed E-state index contributed by atoms with van der Waals surface area (Å²) in [5, 5.41) is 3.30. The van der Waals surface area contributed by atoms with Crippen molar-refractivity contribution < 1.29 is 0 Å². The third-order valence-corrected chi connectivity index (χ3v) is 3.71. The van der Waals surface area contributed by atoms with E-state index in [0.717, 1.165) is 17.9 Å². The molecule has 2 heteroatoms. The van der Waals surface area contributed by atoms with Crippen LogP contribution in [0, 0.1) is 11.8 Å². The molecule has 0 saturated heterocycles. The first kappa shape index (κ1) is 12.0. The largest absolute Gasteiger partial charge is 0.319 e. The second-order valence-electron chi connectivity index (χ2n) is 4.92. The minimum absolute atomic E-state index is 0.843. The molecule has 1 fully saturated rings. The Morgan fingerprint density at radius 1 is 1.43 bits per heavy atom. The molecule has 0 aromatic rings. The molecule has 1 aliphatic carbocycles. The molecule has 0 aromatic carbocycles. The van der Waals surface area contributed by atoms with Gasteiger partial charge in [-0.2, -0.15) is 0 Å². The lowest BCUT2D eigenvalue weighted by Crippen LogP contribution is -2.49. The summed E-state index contributed by atoms with van der Waals surface area (Å²) in [5.74, 6) is 1.74. The lowest BCUT2D eigenvalue weighted by atomic mass is 9.78. The molecule has 0 bridgehead atoms. The highest BCUT2D eigenvalue weighted by molar-refractivity contribution is 4.88. The Morgan fingerprint density at radius 2 is 2.14 bits per heavy atom. The molecular formula is C12H26N2. The lowest BCUT2D eigenvalue weighted by Gasteiger charge is -2.43. The average Bonchev–Trinajstić information content (AvgIpc) is 2.12. The molecule has 1 rings (SSSR count). The fourth-order valence-corrected chi connectivity index (χ4v) is 2.39. The minimum Gasteiger partial charge on any atom is -0.319 e. The molecule has 1 aliphatic rings. The van der Waals surface area contributed by atoms with Crippen LogP contribution in [-0.4, -0.2) is 38.1 Å². The summed E-state index contributed by atoms with van der Waals surface area (Å²) >= 11 is 0. The summed E-state index contributed by atoms with van der Waals surface area (Å²) in [6, 6.07) is 0.844. The summed E-state index contributed by atoms with van der Waals surface area (Å²) in [5.41, 5.74) is 0. The van der Waals surface area contributed by atoms with Gasteiger partial charge in [-0.15, -0.1) is 0 Å². The predicted molar refractivity (Wildman–Crippen MR) is 62.5 cm³/mol. The fourth-order valence-electron chi connectivity index (χ4n) is 2.39. The Morgan fingerprint density at radius 3 is 2.57 bits per heavy atom. The second kappa shape index (κ2) is 5.72. The number of hydrogen-bond donors (Lipinski definition) is 1. The highest BCUT2D eigenvalue weighted by atomic mass is 15.1. The van der Waals surface area contributed by atoms with Gasteiger partial charge in [0.05, 0.1) is 0 Å². The molecule has 0 aromatic heterocycles. The van der Waals surface area contributed by atoms with Crippen molar-refractivity contribution in [1.82, 2.24) is 10.2 Å². The van der Waals surface area contributed by atoms with Crippen LogP contribution in [0.3, 0.4) is 0 Å². The summed E-state index contributed by atoms with van der Waals surface area (Å²) < 4.78 is 0. The molecule has 14 heavy (non-hydrogen) atoms. The van der Waals surface area contributed by atoms with Gasteiger partial charge in [0, 0.05) is 12.6 Å². The van der Waals surface area contributed by atoms with E-state index in [1.165, 1.54) is 32.4 Å². The van der Waals surface area contributed by atoms with E-state index in [1.54, 1.807) is 0 Å². The van der Waals surface area contributed by atoms with Crippen LogP contribution in [0.5, 0.6) is 0 Å². The van der Waals surface area contributed by atoms with Crippen LogP contribution in [-0.2, 0) is 0 Å². The van der Waals surface area contributed by atoms with Crippen molar-refractivity contribution >= 4 is 0 Å². The van der Waals surface area contributed by atoms with Crippen molar-refractivity contribution in [2.45, 2.75) is 39.2 Å². The van der Waals surface area contributed by atoms with Gasteiger partial charge in [-0.3, -0.25) is 0 Å². The van der Waals surface area contributed by atoms with E-state index < -0.39 is 0 Å². The first-order chi connectivity index (χ1) is 6.69. The monoisotopic (exact) mass is 198 g/mol. The van der Waals surface area contributed by atoms with Crippen LogP contribution in [0.15, 0.2) is 0 Å². The molecule has 0 spiro atoms. The summed E-state index contributed by atoms with van der Waals surface area (Å²) in [6.07, 6.45) is 4.11. The Bertz CT molecular complexity index is 158. The quantitative estimate of drug-likeness (QED) is 0.702. The summed E-state index contributed by atoms with van der Waals surface area (Å²) in [4.78, 5) is 2.57. The van der Waals surface area contributed by atoms with E-state index in [2.05, 4.69) is 38.2 Å². The van der Waals surface area contributed by atoms with E-state index in [9.17, 15) is 0 Å². The standard InChI is InChI=1S/C12H26N2/c1-5-10(2)9-14(4)12-7-6-11(12)8-13-3/h10-13H,5-9H2,1-4H3. The van der Waals surface area contributed by atoms with Gasteiger partial charge >= 0.3 is 0 Å². The minimum atomic E-state index is 0.843. The van der Waals surface area contributed by atoms with Crippen LogP contribution in [0.25, 0.3) is 0 Å². The average molecular weight is 198 g/mol. The van der Waals surface area contributed by atoms with Gasteiger partial charge in [0.25, 0.3) is 0 Å². The van der Waals surface area contributed by atoms with Crippen LogP contribution in [0.1, 0.15) is 33.1 Å². The molecule has 0 heterocycles. The normalized spacial score (nSPS) is 28.9. The maximum Gasteiger partial charge on any atom is 0.0133 e. The molecule has 1 N–H and O–H groups in total. The topological polar surface area (TPSA) is 15.3 Å². The number of nitrogens with zero attached hydrogens (tertiary/aromatic N) is 1. The van der Waals surface area contributed by atoms with Gasteiger partial charge < -0.3 is 10.2 Å². The SMILES string of the molecule is CCC(C)CN(C)C1CCC1CNC. The zero-order valence-corrected chi connectivity index (χ0v) is 10.2. The Balaban J connectivity index is 2.26. The molecule has 0 radical (unpaired) electrons. The van der Waals surface area contributed by atoms with Crippen molar-refractivity contribution in [3.05, 3.63) is 0 Å². The Hall–Kier alpha value is -0.0800. The van der Waals surface area contributed by atoms with Gasteiger partial charge in [-0.1, -0.05) is 20.3 Å². The van der Waals surface area contributed by atoms with E-state index in [4.69, 9.17) is 0 Å². The van der Waals surface area contributed by atoms with Gasteiger partial charge in [-0.25, -0.2) is 0 Å². The van der Waals surface area contributed by atoms with Crippen molar-refractivity contribution in [3.8, 4) is 0 Å². The Labute approximate surface area is 89.1 Å². The first-order valence-electron chi connectivity index (χ1n) is 6.03. The second-order valence-corrected chi connectivity index (χ2v) is 4.92. The summed E-state index contributed by atoms with van der Waals surface area (Å²) in [7, 11) is 4.35. The van der Waals surface area contributed by atoms with Crippen LogP contribution < -0.4 is 5.32 Å². The molecule has 1 saturated carbocycles. The van der Waals surface area contributed by atoms with Gasteiger partial charge in [-0.05, 0) is 45.3 Å². The van der Waals surface area contributed by atoms with Crippen LogP contribution in [0.4, 0.5) is 0 Å². The van der Waals surface area contributed by atoms with Crippen LogP contribution in [0.2, 0.25) is 0 Å². The predicted octanol–water partition coefficient (Wildman–Crippen LogP) is 1.96. The molecular weight excluding hydrogens is 172 g/mol. The summed E-state index contributed by atoms with van der Waals surface area (Å²) in [6.45, 7) is 7.09. The van der Waals surface area contributed by atoms with E-state index >= 15 is 0 Å². The Kier molecular flexibility index (Phi) is 4.90. The van der Waals surface area contributed by atoms with E-state index in [1.807, 2.05) is 0 Å². The number of hydrogen-bond acceptors (Lipinski definition) is 2. The first-order valence-corrected chi connectivity index (χ1v) is 6.03. The highest BCUT2D eigenvalue weighted by Gasteiger charge is 2.33. The maximum atomic E-state index is 3.30. The van der Waals surface area contributed by atoms with E-state index in [0.29, 0.717) is 0 Å². The molecule has 3 atom stereocenters. The number of rotatable bonds is 6. The van der Waals surface area contributed by atoms with Crippen molar-refractivity contribution in [2.75, 3.05) is 27.2 Å². The number of nitrogens with one attached hydrogen (secondary N) is 1. The van der Waals surface area contributed by atoms with Gasteiger partial charge in [0.1, 0.15) is 0 Å². The molecule has 0 amide bonds.